The number of hydrogen-bond donors (Lipinski definition) is 0. The van der Waals surface area contributed by atoms with Gasteiger partial charge in [-0.25, -0.2) is 0 Å². The molecule has 0 saturated heterocycles. The number of unbranched alkanes of at least 4 members (excludes halogenated alkanes) is 4. The third kappa shape index (κ3) is 7.95. The fourth-order valence-corrected chi connectivity index (χ4v) is 4.15. The van der Waals surface area contributed by atoms with Crippen LogP contribution in [0.15, 0.2) is 0 Å². The standard InChI is InChI=1S/C14H32O2Si/c1-6-9-10-11-12-13-14(4,5)17(15-7-2)16-8-3/h17H,6-13H2,1-5H3. The first-order valence-corrected chi connectivity index (χ1v) is 8.83. The molecule has 0 amide bonds. The van der Waals surface area contributed by atoms with Gasteiger partial charge in [-0.1, -0.05) is 52.9 Å². The van der Waals surface area contributed by atoms with Crippen molar-refractivity contribution in [3.63, 3.8) is 0 Å². The van der Waals surface area contributed by atoms with Crippen LogP contribution in [0.25, 0.3) is 0 Å². The molecule has 0 aromatic heterocycles. The maximum atomic E-state index is 5.84. The molecular formula is C14H32O2Si. The maximum absolute atomic E-state index is 5.84. The zero-order valence-electron chi connectivity index (χ0n) is 12.6. The minimum Gasteiger partial charge on any atom is -0.397 e. The predicted octanol–water partition coefficient (Wildman–Crippen LogP) is 4.42. The van der Waals surface area contributed by atoms with E-state index in [0.29, 0.717) is 0 Å². The maximum Gasteiger partial charge on any atom is 0.327 e. The molecule has 3 heteroatoms. The van der Waals surface area contributed by atoms with E-state index < -0.39 is 9.28 Å². The highest BCUT2D eigenvalue weighted by Gasteiger charge is 2.33. The van der Waals surface area contributed by atoms with Gasteiger partial charge in [0.25, 0.3) is 0 Å². The van der Waals surface area contributed by atoms with Crippen molar-refractivity contribution in [2.75, 3.05) is 13.2 Å². The van der Waals surface area contributed by atoms with Crippen LogP contribution < -0.4 is 0 Å². The molecular weight excluding hydrogens is 228 g/mol. The fraction of sp³-hybridized carbons (Fsp3) is 1.00. The molecule has 0 aliphatic heterocycles. The summed E-state index contributed by atoms with van der Waals surface area (Å²) >= 11 is 0. The van der Waals surface area contributed by atoms with Gasteiger partial charge in [0, 0.05) is 18.3 Å². The average Bonchev–Trinajstić information content (AvgIpc) is 2.28. The van der Waals surface area contributed by atoms with Gasteiger partial charge >= 0.3 is 9.28 Å². The van der Waals surface area contributed by atoms with Gasteiger partial charge in [0.2, 0.25) is 0 Å². The van der Waals surface area contributed by atoms with E-state index in [1.54, 1.807) is 0 Å². The SMILES string of the molecule is CCCCCCCC(C)(C)[SiH](OCC)OCC. The molecule has 0 aromatic rings. The van der Waals surface area contributed by atoms with E-state index in [1.165, 1.54) is 38.5 Å². The minimum absolute atomic E-state index is 0.262. The molecule has 0 N–H and O–H groups in total. The highest BCUT2D eigenvalue weighted by molar-refractivity contribution is 6.48. The summed E-state index contributed by atoms with van der Waals surface area (Å²) in [5, 5.41) is 0.262. The van der Waals surface area contributed by atoms with Gasteiger partial charge in [-0.15, -0.1) is 0 Å². The van der Waals surface area contributed by atoms with E-state index in [1.807, 2.05) is 0 Å². The summed E-state index contributed by atoms with van der Waals surface area (Å²) in [6, 6.07) is 0. The predicted molar refractivity (Wildman–Crippen MR) is 77.8 cm³/mol. The Morgan fingerprint density at radius 1 is 0.824 bits per heavy atom. The zero-order chi connectivity index (χ0) is 13.1. The summed E-state index contributed by atoms with van der Waals surface area (Å²) in [7, 11) is -1.50. The van der Waals surface area contributed by atoms with Crippen LogP contribution in [0.2, 0.25) is 5.04 Å². The van der Waals surface area contributed by atoms with Gasteiger partial charge in [0.1, 0.15) is 0 Å². The van der Waals surface area contributed by atoms with Gasteiger partial charge in [-0.05, 0) is 20.3 Å². The lowest BCUT2D eigenvalue weighted by molar-refractivity contribution is 0.186. The lowest BCUT2D eigenvalue weighted by Crippen LogP contribution is -2.35. The van der Waals surface area contributed by atoms with E-state index in [0.717, 1.165) is 13.2 Å². The Balaban J connectivity index is 3.94. The second-order valence-electron chi connectivity index (χ2n) is 5.40. The van der Waals surface area contributed by atoms with Crippen molar-refractivity contribution in [2.45, 2.75) is 78.2 Å². The Morgan fingerprint density at radius 2 is 1.35 bits per heavy atom. The molecule has 17 heavy (non-hydrogen) atoms. The Bertz CT molecular complexity index is 166. The van der Waals surface area contributed by atoms with Gasteiger partial charge in [0.05, 0.1) is 0 Å². The third-order valence-corrected chi connectivity index (χ3v) is 6.04. The lowest BCUT2D eigenvalue weighted by atomic mass is 10.0. The first-order chi connectivity index (χ1) is 8.08. The summed E-state index contributed by atoms with van der Waals surface area (Å²) in [5.74, 6) is 0. The normalized spacial score (nSPS) is 12.4. The third-order valence-electron chi connectivity index (χ3n) is 3.20. The van der Waals surface area contributed by atoms with Crippen LogP contribution >= 0.6 is 0 Å². The minimum atomic E-state index is -1.50. The second-order valence-corrected chi connectivity index (χ2v) is 8.29. The van der Waals surface area contributed by atoms with Crippen molar-refractivity contribution in [1.29, 1.82) is 0 Å². The van der Waals surface area contributed by atoms with Gasteiger partial charge in [-0.3, -0.25) is 0 Å². The first kappa shape index (κ1) is 17.1. The van der Waals surface area contributed by atoms with Crippen LogP contribution in [0.1, 0.15) is 73.1 Å². The average molecular weight is 260 g/mol. The monoisotopic (exact) mass is 260 g/mol. The lowest BCUT2D eigenvalue weighted by Gasteiger charge is -2.31. The molecule has 0 heterocycles. The van der Waals surface area contributed by atoms with Crippen molar-refractivity contribution < 1.29 is 8.85 Å². The number of rotatable bonds is 11. The van der Waals surface area contributed by atoms with Crippen LogP contribution in [0.5, 0.6) is 0 Å². The van der Waals surface area contributed by atoms with E-state index in [-0.39, 0.29) is 5.04 Å². The molecule has 0 unspecified atom stereocenters. The van der Waals surface area contributed by atoms with E-state index in [9.17, 15) is 0 Å². The number of hydrogen-bond acceptors (Lipinski definition) is 2. The Hall–Kier alpha value is 0.137. The molecule has 0 rings (SSSR count). The summed E-state index contributed by atoms with van der Waals surface area (Å²) in [6.45, 7) is 12.6. The quantitative estimate of drug-likeness (QED) is 0.404. The van der Waals surface area contributed by atoms with Crippen LogP contribution in [0.4, 0.5) is 0 Å². The smallest absolute Gasteiger partial charge is 0.327 e. The molecule has 0 saturated carbocycles. The molecule has 0 radical (unpaired) electrons. The summed E-state index contributed by atoms with van der Waals surface area (Å²) in [5.41, 5.74) is 0. The zero-order valence-corrected chi connectivity index (χ0v) is 13.7. The molecule has 0 aliphatic rings. The molecule has 0 fully saturated rings. The van der Waals surface area contributed by atoms with E-state index >= 15 is 0 Å². The topological polar surface area (TPSA) is 18.5 Å². The molecule has 0 atom stereocenters. The van der Waals surface area contributed by atoms with E-state index in [2.05, 4.69) is 34.6 Å². The highest BCUT2D eigenvalue weighted by atomic mass is 28.3. The van der Waals surface area contributed by atoms with Crippen LogP contribution in [-0.4, -0.2) is 22.5 Å². The highest BCUT2D eigenvalue weighted by Crippen LogP contribution is 2.36. The molecule has 104 valence electrons. The van der Waals surface area contributed by atoms with Gasteiger partial charge in [0.15, 0.2) is 0 Å². The largest absolute Gasteiger partial charge is 0.397 e. The van der Waals surface area contributed by atoms with Crippen LogP contribution in [0.3, 0.4) is 0 Å². The van der Waals surface area contributed by atoms with Crippen LogP contribution in [0, 0.1) is 0 Å². The van der Waals surface area contributed by atoms with E-state index in [4.69, 9.17) is 8.85 Å². The van der Waals surface area contributed by atoms with Gasteiger partial charge < -0.3 is 8.85 Å². The van der Waals surface area contributed by atoms with Crippen molar-refractivity contribution in [2.24, 2.45) is 0 Å². The summed E-state index contributed by atoms with van der Waals surface area (Å²) in [4.78, 5) is 0. The van der Waals surface area contributed by atoms with Crippen LogP contribution in [-0.2, 0) is 8.85 Å². The van der Waals surface area contributed by atoms with Crippen molar-refractivity contribution >= 4 is 9.28 Å². The molecule has 0 aromatic carbocycles. The van der Waals surface area contributed by atoms with Crippen molar-refractivity contribution in [1.82, 2.24) is 0 Å². The Morgan fingerprint density at radius 3 is 1.82 bits per heavy atom. The molecule has 0 spiro atoms. The Labute approximate surface area is 110 Å². The molecule has 2 nitrogen and oxygen atoms in total. The fourth-order valence-electron chi connectivity index (χ4n) is 2.10. The molecule has 0 bridgehead atoms. The Kier molecular flexibility index (Phi) is 10.2. The summed E-state index contributed by atoms with van der Waals surface area (Å²) < 4.78 is 11.7. The van der Waals surface area contributed by atoms with Crippen molar-refractivity contribution in [3.05, 3.63) is 0 Å². The molecule has 0 aliphatic carbocycles. The van der Waals surface area contributed by atoms with Gasteiger partial charge in [-0.2, -0.15) is 0 Å². The summed E-state index contributed by atoms with van der Waals surface area (Å²) in [6.07, 6.45) is 7.99. The second kappa shape index (κ2) is 10.1. The van der Waals surface area contributed by atoms with Crippen molar-refractivity contribution in [3.8, 4) is 0 Å². The first-order valence-electron chi connectivity index (χ1n) is 7.31.